The minimum Gasteiger partial charge on any atom is -0.463 e. The molecule has 1 aliphatic heterocycles. The Kier molecular flexibility index (Phi) is 4.57. The van der Waals surface area contributed by atoms with Crippen LogP contribution in [0.3, 0.4) is 0 Å². The van der Waals surface area contributed by atoms with Gasteiger partial charge >= 0.3 is 5.97 Å². The zero-order chi connectivity index (χ0) is 13.8. The molecule has 1 aromatic heterocycles. The van der Waals surface area contributed by atoms with Crippen LogP contribution in [0.5, 0.6) is 0 Å². The molecule has 0 bridgehead atoms. The van der Waals surface area contributed by atoms with E-state index in [4.69, 9.17) is 14.9 Å². The highest BCUT2D eigenvalue weighted by molar-refractivity contribution is 5.87. The maximum atomic E-state index is 11.5. The van der Waals surface area contributed by atoms with E-state index in [1.165, 1.54) is 13.4 Å². The van der Waals surface area contributed by atoms with Gasteiger partial charge in [-0.15, -0.1) is 0 Å². The minimum absolute atomic E-state index is 0.00720. The van der Waals surface area contributed by atoms with Gasteiger partial charge in [0.1, 0.15) is 0 Å². The Balaban J connectivity index is 2.01. The lowest BCUT2D eigenvalue weighted by Gasteiger charge is -2.34. The van der Waals surface area contributed by atoms with Gasteiger partial charge in [-0.2, -0.15) is 0 Å². The van der Waals surface area contributed by atoms with Crippen LogP contribution in [0.1, 0.15) is 23.0 Å². The standard InChI is InChI=1S/C13H20N2O4/c1-9(14)11-8-15(4-6-18-11)7-10-3-5-19-12(10)13(16)17-2/h3,5,9,11H,4,6-8,14H2,1-2H3. The highest BCUT2D eigenvalue weighted by atomic mass is 16.5. The Morgan fingerprint density at radius 1 is 1.68 bits per heavy atom. The predicted octanol–water partition coefficient (Wildman–Crippen LogP) is 0.614. The molecular weight excluding hydrogens is 248 g/mol. The topological polar surface area (TPSA) is 77.9 Å². The van der Waals surface area contributed by atoms with Crippen molar-refractivity contribution in [1.82, 2.24) is 4.90 Å². The number of ether oxygens (including phenoxy) is 2. The van der Waals surface area contributed by atoms with Gasteiger partial charge in [-0.1, -0.05) is 0 Å². The number of carbonyl (C=O) groups excluding carboxylic acids is 1. The van der Waals surface area contributed by atoms with E-state index in [9.17, 15) is 4.79 Å². The van der Waals surface area contributed by atoms with Crippen molar-refractivity contribution in [2.24, 2.45) is 5.73 Å². The SMILES string of the molecule is COC(=O)c1occc1CN1CCOC(C(C)N)C1. The van der Waals surface area contributed by atoms with Crippen molar-refractivity contribution in [2.75, 3.05) is 26.8 Å². The lowest BCUT2D eigenvalue weighted by molar-refractivity contribution is -0.0404. The van der Waals surface area contributed by atoms with Crippen LogP contribution in [-0.2, 0) is 16.0 Å². The molecule has 0 spiro atoms. The van der Waals surface area contributed by atoms with Crippen LogP contribution in [0.15, 0.2) is 16.7 Å². The van der Waals surface area contributed by atoms with Crippen molar-refractivity contribution in [1.29, 1.82) is 0 Å². The largest absolute Gasteiger partial charge is 0.463 e. The van der Waals surface area contributed by atoms with Gasteiger partial charge in [0.25, 0.3) is 0 Å². The second kappa shape index (κ2) is 6.18. The lowest BCUT2D eigenvalue weighted by Crippen LogP contribution is -2.49. The number of rotatable bonds is 4. The maximum absolute atomic E-state index is 11.5. The zero-order valence-electron chi connectivity index (χ0n) is 11.3. The minimum atomic E-state index is -0.447. The van der Waals surface area contributed by atoms with Crippen molar-refractivity contribution in [3.8, 4) is 0 Å². The van der Waals surface area contributed by atoms with Crippen molar-refractivity contribution in [2.45, 2.75) is 25.6 Å². The Bertz CT molecular complexity index is 430. The van der Waals surface area contributed by atoms with E-state index in [2.05, 4.69) is 9.64 Å². The summed E-state index contributed by atoms with van der Waals surface area (Å²) >= 11 is 0. The molecule has 0 saturated carbocycles. The summed E-state index contributed by atoms with van der Waals surface area (Å²) in [5, 5.41) is 0. The molecule has 6 nitrogen and oxygen atoms in total. The summed E-state index contributed by atoms with van der Waals surface area (Å²) in [6.45, 7) is 4.79. The van der Waals surface area contributed by atoms with E-state index < -0.39 is 5.97 Å². The molecule has 0 aliphatic carbocycles. The van der Waals surface area contributed by atoms with Gasteiger partial charge in [0.05, 0.1) is 26.1 Å². The molecule has 2 heterocycles. The summed E-state index contributed by atoms with van der Waals surface area (Å²) in [7, 11) is 1.34. The Morgan fingerprint density at radius 2 is 2.47 bits per heavy atom. The van der Waals surface area contributed by atoms with Crippen LogP contribution in [0, 0.1) is 0 Å². The Morgan fingerprint density at radius 3 is 3.16 bits per heavy atom. The van der Waals surface area contributed by atoms with Crippen molar-refractivity contribution in [3.63, 3.8) is 0 Å². The van der Waals surface area contributed by atoms with Gasteiger partial charge in [0, 0.05) is 31.2 Å². The second-order valence-electron chi connectivity index (χ2n) is 4.77. The normalized spacial score (nSPS) is 22.2. The second-order valence-corrected chi connectivity index (χ2v) is 4.77. The van der Waals surface area contributed by atoms with Gasteiger partial charge in [-0.3, -0.25) is 4.90 Å². The average Bonchev–Trinajstić information content (AvgIpc) is 2.86. The van der Waals surface area contributed by atoms with Crippen LogP contribution in [0.4, 0.5) is 0 Å². The highest BCUT2D eigenvalue weighted by Gasteiger charge is 2.25. The molecule has 0 radical (unpaired) electrons. The molecule has 0 aromatic carbocycles. The Labute approximate surface area is 112 Å². The average molecular weight is 268 g/mol. The number of furan rings is 1. The van der Waals surface area contributed by atoms with Crippen LogP contribution in [0.2, 0.25) is 0 Å². The van der Waals surface area contributed by atoms with Crippen LogP contribution in [0.25, 0.3) is 0 Å². The van der Waals surface area contributed by atoms with E-state index in [1.54, 1.807) is 6.07 Å². The fraction of sp³-hybridized carbons (Fsp3) is 0.615. The molecule has 2 unspecified atom stereocenters. The molecule has 1 fully saturated rings. The summed E-state index contributed by atoms with van der Waals surface area (Å²) in [6.07, 6.45) is 1.53. The molecule has 6 heteroatoms. The van der Waals surface area contributed by atoms with Crippen LogP contribution in [-0.4, -0.2) is 49.8 Å². The number of hydrogen-bond acceptors (Lipinski definition) is 6. The van der Waals surface area contributed by atoms with E-state index >= 15 is 0 Å². The first-order valence-electron chi connectivity index (χ1n) is 6.36. The van der Waals surface area contributed by atoms with Gasteiger partial charge in [0.2, 0.25) is 5.76 Å². The van der Waals surface area contributed by atoms with Crippen LogP contribution >= 0.6 is 0 Å². The van der Waals surface area contributed by atoms with Crippen molar-refractivity contribution < 1.29 is 18.7 Å². The number of esters is 1. The zero-order valence-corrected chi connectivity index (χ0v) is 11.3. The molecule has 19 heavy (non-hydrogen) atoms. The van der Waals surface area contributed by atoms with Crippen molar-refractivity contribution in [3.05, 3.63) is 23.7 Å². The number of morpholine rings is 1. The summed E-state index contributed by atoms with van der Waals surface area (Å²) in [5.41, 5.74) is 6.69. The van der Waals surface area contributed by atoms with Gasteiger partial charge in [-0.05, 0) is 13.0 Å². The summed E-state index contributed by atoms with van der Waals surface area (Å²) < 4.78 is 15.5. The first-order valence-corrected chi connectivity index (χ1v) is 6.36. The fourth-order valence-corrected chi connectivity index (χ4v) is 2.17. The maximum Gasteiger partial charge on any atom is 0.374 e. The van der Waals surface area contributed by atoms with E-state index in [-0.39, 0.29) is 17.9 Å². The molecule has 1 aliphatic rings. The molecule has 106 valence electrons. The number of nitrogens with zero attached hydrogens (tertiary/aromatic N) is 1. The predicted molar refractivity (Wildman–Crippen MR) is 68.7 cm³/mol. The number of nitrogens with two attached hydrogens (primary N) is 1. The summed E-state index contributed by atoms with van der Waals surface area (Å²) in [6, 6.07) is 1.79. The third-order valence-corrected chi connectivity index (χ3v) is 3.28. The van der Waals surface area contributed by atoms with E-state index in [0.717, 1.165) is 18.7 Å². The number of methoxy groups -OCH3 is 1. The van der Waals surface area contributed by atoms with Gasteiger partial charge < -0.3 is 19.6 Å². The first kappa shape index (κ1) is 14.0. The van der Waals surface area contributed by atoms with Gasteiger partial charge in [-0.25, -0.2) is 4.79 Å². The Hall–Kier alpha value is -1.37. The molecule has 2 atom stereocenters. The summed E-state index contributed by atoms with van der Waals surface area (Å²) in [5.74, 6) is -0.177. The molecule has 0 amide bonds. The molecular formula is C13H20N2O4. The van der Waals surface area contributed by atoms with Gasteiger partial charge in [0.15, 0.2) is 0 Å². The molecule has 1 saturated heterocycles. The molecule has 2 N–H and O–H groups in total. The third kappa shape index (κ3) is 3.34. The van der Waals surface area contributed by atoms with E-state index in [0.29, 0.717) is 13.2 Å². The number of carbonyl (C=O) groups is 1. The van der Waals surface area contributed by atoms with Crippen LogP contribution < -0.4 is 5.73 Å². The monoisotopic (exact) mass is 268 g/mol. The molecule has 2 rings (SSSR count). The molecule has 1 aromatic rings. The fourth-order valence-electron chi connectivity index (χ4n) is 2.17. The van der Waals surface area contributed by atoms with E-state index in [1.807, 2.05) is 6.92 Å². The third-order valence-electron chi connectivity index (χ3n) is 3.28. The number of hydrogen-bond donors (Lipinski definition) is 1. The summed E-state index contributed by atoms with van der Waals surface area (Å²) in [4.78, 5) is 13.7. The highest BCUT2D eigenvalue weighted by Crippen LogP contribution is 2.17. The quantitative estimate of drug-likeness (QED) is 0.806. The van der Waals surface area contributed by atoms with Crippen molar-refractivity contribution >= 4 is 5.97 Å². The first-order chi connectivity index (χ1) is 9.11. The lowest BCUT2D eigenvalue weighted by atomic mass is 10.1. The smallest absolute Gasteiger partial charge is 0.374 e.